The number of methoxy groups -OCH3 is 1. The number of hydrogen-bond donors (Lipinski definition) is 1. The van der Waals surface area contributed by atoms with Gasteiger partial charge in [0.2, 0.25) is 0 Å². The molecule has 1 N–H and O–H groups in total. The van der Waals surface area contributed by atoms with Gasteiger partial charge in [-0.25, -0.2) is 4.98 Å². The molecule has 1 atom stereocenters. The number of aromatic nitrogens is 1. The molecule has 0 radical (unpaired) electrons. The Bertz CT molecular complexity index is 1460. The average Bonchev–Trinajstić information content (AvgIpc) is 3.54. The van der Waals surface area contributed by atoms with E-state index in [-0.39, 0.29) is 11.3 Å². The number of aryl methyl sites for hydroxylation is 1. The fourth-order valence-corrected chi connectivity index (χ4v) is 4.97. The number of anilines is 1. The average molecular weight is 513 g/mol. The zero-order valence-corrected chi connectivity index (χ0v) is 21.1. The van der Waals surface area contributed by atoms with Crippen LogP contribution in [0.4, 0.5) is 5.13 Å². The molecule has 1 unspecified atom stereocenters. The van der Waals surface area contributed by atoms with Gasteiger partial charge >= 0.3 is 5.91 Å². The number of carbonyl (C=O) groups is 2. The van der Waals surface area contributed by atoms with Gasteiger partial charge in [-0.05, 0) is 54.4 Å². The van der Waals surface area contributed by atoms with Crippen LogP contribution in [0.15, 0.2) is 89.9 Å². The summed E-state index contributed by atoms with van der Waals surface area (Å²) in [5, 5.41) is 13.4. The van der Waals surface area contributed by atoms with Gasteiger partial charge in [-0.1, -0.05) is 42.0 Å². The van der Waals surface area contributed by atoms with Crippen LogP contribution >= 0.6 is 11.3 Å². The van der Waals surface area contributed by atoms with Crippen molar-refractivity contribution in [2.75, 3.05) is 12.0 Å². The van der Waals surface area contributed by atoms with Gasteiger partial charge in [-0.3, -0.25) is 14.5 Å². The maximum absolute atomic E-state index is 13.2. The van der Waals surface area contributed by atoms with Crippen molar-refractivity contribution in [1.82, 2.24) is 4.98 Å². The number of rotatable bonds is 7. The molecule has 0 saturated carbocycles. The molecule has 4 aromatic rings. The molecule has 1 aromatic heterocycles. The molecule has 7 nitrogen and oxygen atoms in total. The molecule has 3 aromatic carbocycles. The number of amides is 1. The van der Waals surface area contributed by atoms with Crippen LogP contribution in [0.5, 0.6) is 11.5 Å². The number of ketones is 1. The van der Waals surface area contributed by atoms with E-state index in [0.717, 1.165) is 11.1 Å². The molecule has 1 aliphatic heterocycles. The molecule has 0 aliphatic carbocycles. The van der Waals surface area contributed by atoms with Gasteiger partial charge in [0.15, 0.2) is 5.13 Å². The highest BCUT2D eigenvalue weighted by Gasteiger charge is 2.47. The second-order valence-electron chi connectivity index (χ2n) is 8.56. The van der Waals surface area contributed by atoms with Gasteiger partial charge in [0.05, 0.1) is 18.7 Å². The first kappa shape index (κ1) is 24.3. The van der Waals surface area contributed by atoms with Crippen molar-refractivity contribution in [3.05, 3.63) is 112 Å². The molecule has 1 amide bonds. The lowest BCUT2D eigenvalue weighted by Gasteiger charge is -2.23. The molecular weight excluding hydrogens is 488 g/mol. The number of hydrogen-bond acceptors (Lipinski definition) is 7. The van der Waals surface area contributed by atoms with Crippen LogP contribution in [-0.4, -0.2) is 28.9 Å². The van der Waals surface area contributed by atoms with Crippen LogP contribution in [0.3, 0.4) is 0 Å². The number of aliphatic hydroxyl groups is 1. The third-order valence-corrected chi connectivity index (χ3v) is 6.89. The normalized spacial score (nSPS) is 16.7. The molecule has 1 fully saturated rings. The fourth-order valence-electron chi connectivity index (χ4n) is 4.30. The fraction of sp³-hybridized carbons (Fsp3) is 0.138. The Hall–Kier alpha value is -4.43. The second-order valence-corrected chi connectivity index (χ2v) is 9.43. The molecule has 1 saturated heterocycles. The van der Waals surface area contributed by atoms with E-state index < -0.39 is 17.7 Å². The summed E-state index contributed by atoms with van der Waals surface area (Å²) in [7, 11) is 1.56. The van der Waals surface area contributed by atoms with E-state index in [1.54, 1.807) is 67.2 Å². The second kappa shape index (κ2) is 10.3. The van der Waals surface area contributed by atoms with Crippen LogP contribution in [0, 0.1) is 6.92 Å². The topological polar surface area (TPSA) is 89.0 Å². The first-order chi connectivity index (χ1) is 18.0. The number of aliphatic hydroxyl groups excluding tert-OH is 1. The molecule has 2 heterocycles. The van der Waals surface area contributed by atoms with Crippen LogP contribution < -0.4 is 14.4 Å². The third kappa shape index (κ3) is 4.83. The highest BCUT2D eigenvalue weighted by atomic mass is 32.1. The van der Waals surface area contributed by atoms with E-state index >= 15 is 0 Å². The van der Waals surface area contributed by atoms with Crippen LogP contribution in [-0.2, 0) is 16.2 Å². The Balaban J connectivity index is 1.49. The molecular formula is C29H24N2O5S. The van der Waals surface area contributed by atoms with Gasteiger partial charge < -0.3 is 14.6 Å². The quantitative estimate of drug-likeness (QED) is 0.195. The van der Waals surface area contributed by atoms with Crippen molar-refractivity contribution in [1.29, 1.82) is 0 Å². The lowest BCUT2D eigenvalue weighted by molar-refractivity contribution is -0.132. The van der Waals surface area contributed by atoms with E-state index in [9.17, 15) is 14.7 Å². The SMILES string of the molecule is COc1ccc(C2/C(=C(/O)c3ccc(OCc4cccc(C)c4)cc3)C(=O)C(=O)N2c2nccs2)cc1. The summed E-state index contributed by atoms with van der Waals surface area (Å²) in [5.41, 5.74) is 3.25. The lowest BCUT2D eigenvalue weighted by Crippen LogP contribution is -2.29. The van der Waals surface area contributed by atoms with Crippen molar-refractivity contribution in [3.8, 4) is 11.5 Å². The van der Waals surface area contributed by atoms with Crippen molar-refractivity contribution in [3.63, 3.8) is 0 Å². The van der Waals surface area contributed by atoms with Gasteiger partial charge in [0.25, 0.3) is 5.78 Å². The molecule has 0 spiro atoms. The highest BCUT2D eigenvalue weighted by Crippen LogP contribution is 2.43. The first-order valence-electron chi connectivity index (χ1n) is 11.6. The number of Topliss-reactive ketones (excluding diaryl/α,β-unsaturated/α-hetero) is 1. The van der Waals surface area contributed by atoms with Gasteiger partial charge in [-0.15, -0.1) is 11.3 Å². The predicted molar refractivity (Wildman–Crippen MR) is 142 cm³/mol. The van der Waals surface area contributed by atoms with Crippen molar-refractivity contribution in [2.45, 2.75) is 19.6 Å². The molecule has 0 bridgehead atoms. The van der Waals surface area contributed by atoms with E-state index in [0.29, 0.717) is 34.4 Å². The number of benzene rings is 3. The van der Waals surface area contributed by atoms with Crippen LogP contribution in [0.1, 0.15) is 28.3 Å². The van der Waals surface area contributed by atoms with E-state index in [2.05, 4.69) is 11.1 Å². The molecule has 8 heteroatoms. The molecule has 1 aliphatic rings. The van der Waals surface area contributed by atoms with Crippen LogP contribution in [0.2, 0.25) is 0 Å². The highest BCUT2D eigenvalue weighted by molar-refractivity contribution is 7.14. The minimum atomic E-state index is -0.839. The Morgan fingerprint density at radius 2 is 1.76 bits per heavy atom. The smallest absolute Gasteiger partial charge is 0.301 e. The van der Waals surface area contributed by atoms with Crippen molar-refractivity contribution in [2.24, 2.45) is 0 Å². The maximum Gasteiger partial charge on any atom is 0.301 e. The van der Waals surface area contributed by atoms with Crippen molar-refractivity contribution >= 4 is 33.9 Å². The Morgan fingerprint density at radius 3 is 2.41 bits per heavy atom. The predicted octanol–water partition coefficient (Wildman–Crippen LogP) is 5.67. The van der Waals surface area contributed by atoms with E-state index in [4.69, 9.17) is 9.47 Å². The van der Waals surface area contributed by atoms with Gasteiger partial charge in [0, 0.05) is 17.1 Å². The summed E-state index contributed by atoms with van der Waals surface area (Å²) in [6.07, 6.45) is 1.57. The largest absolute Gasteiger partial charge is 0.507 e. The number of ether oxygens (including phenoxy) is 2. The summed E-state index contributed by atoms with van der Waals surface area (Å²) >= 11 is 1.24. The molecule has 5 rings (SSSR count). The van der Waals surface area contributed by atoms with E-state index in [1.165, 1.54) is 16.2 Å². The summed E-state index contributed by atoms with van der Waals surface area (Å²) in [5.74, 6) is -0.517. The van der Waals surface area contributed by atoms with Crippen LogP contribution in [0.25, 0.3) is 5.76 Å². The lowest BCUT2D eigenvalue weighted by atomic mass is 9.95. The monoisotopic (exact) mass is 512 g/mol. The van der Waals surface area contributed by atoms with Crippen molar-refractivity contribution < 1.29 is 24.2 Å². The molecule has 37 heavy (non-hydrogen) atoms. The summed E-state index contributed by atoms with van der Waals surface area (Å²) in [4.78, 5) is 31.9. The first-order valence-corrected chi connectivity index (χ1v) is 12.5. The van der Waals surface area contributed by atoms with Gasteiger partial charge in [-0.2, -0.15) is 0 Å². The Labute approximate surface area is 218 Å². The zero-order chi connectivity index (χ0) is 25.9. The third-order valence-electron chi connectivity index (χ3n) is 6.12. The van der Waals surface area contributed by atoms with Gasteiger partial charge in [0.1, 0.15) is 23.9 Å². The summed E-state index contributed by atoms with van der Waals surface area (Å²) in [6, 6.07) is 21.0. The number of nitrogens with zero attached hydrogens (tertiary/aromatic N) is 2. The summed E-state index contributed by atoms with van der Waals surface area (Å²) in [6.45, 7) is 2.43. The number of thiazole rings is 1. The molecule has 186 valence electrons. The standard InChI is InChI=1S/C29H24N2O5S/c1-18-4-3-5-19(16-18)17-36-23-12-8-21(9-13-23)26(32)24-25(20-6-10-22(35-2)11-7-20)31(28(34)27(24)33)29-30-14-15-37-29/h3-16,25,32H,17H2,1-2H3/b26-24-. The Kier molecular flexibility index (Phi) is 6.74. The number of carbonyl (C=O) groups excluding carboxylic acids is 2. The summed E-state index contributed by atoms with van der Waals surface area (Å²) < 4.78 is 11.1. The Morgan fingerprint density at radius 1 is 1.03 bits per heavy atom. The minimum absolute atomic E-state index is 0.00111. The minimum Gasteiger partial charge on any atom is -0.507 e. The maximum atomic E-state index is 13.2. The zero-order valence-electron chi connectivity index (χ0n) is 20.3. The van der Waals surface area contributed by atoms with E-state index in [1.807, 2.05) is 25.1 Å².